The molecule has 6 heteroatoms. The maximum absolute atomic E-state index is 12.5. The molecule has 2 fully saturated rings. The molecule has 2 amide bonds. The van der Waals surface area contributed by atoms with E-state index in [-0.39, 0.29) is 24.4 Å². The number of aliphatic hydroxyl groups is 1. The number of carbonyl (C=O) groups is 2. The minimum Gasteiger partial charge on any atom is -0.393 e. The van der Waals surface area contributed by atoms with E-state index < -0.39 is 17.6 Å². The smallest absolute Gasteiger partial charge is 0.247 e. The molecule has 2 saturated heterocycles. The molecule has 2 rings (SSSR count). The highest BCUT2D eigenvalue weighted by Gasteiger charge is 2.58. The number of β-lactam (4-membered cyclic amide) rings is 1. The van der Waals surface area contributed by atoms with Gasteiger partial charge in [0.05, 0.1) is 18.6 Å². The van der Waals surface area contributed by atoms with Gasteiger partial charge in [-0.2, -0.15) is 0 Å². The normalized spacial score (nSPS) is 34.1. The van der Waals surface area contributed by atoms with Gasteiger partial charge in [0.1, 0.15) is 5.54 Å². The van der Waals surface area contributed by atoms with Crippen LogP contribution in [0.3, 0.4) is 0 Å². The summed E-state index contributed by atoms with van der Waals surface area (Å²) in [6.45, 7) is 4.11. The van der Waals surface area contributed by atoms with Crippen molar-refractivity contribution in [3.63, 3.8) is 0 Å². The summed E-state index contributed by atoms with van der Waals surface area (Å²) in [6.07, 6.45) is 0.717. The van der Waals surface area contributed by atoms with E-state index in [2.05, 4.69) is 5.32 Å². The number of nitrogens with zero attached hydrogens (tertiary/aromatic N) is 1. The first-order valence-corrected chi connectivity index (χ1v) is 6.43. The summed E-state index contributed by atoms with van der Waals surface area (Å²) >= 11 is 0. The molecule has 0 aliphatic carbocycles. The maximum Gasteiger partial charge on any atom is 0.247 e. The molecular weight excluding hydrogens is 234 g/mol. The lowest BCUT2D eigenvalue weighted by Crippen LogP contribution is -2.73. The second-order valence-corrected chi connectivity index (χ2v) is 5.39. The van der Waals surface area contributed by atoms with Gasteiger partial charge < -0.3 is 21.1 Å². The lowest BCUT2D eigenvalue weighted by Gasteiger charge is -2.46. The van der Waals surface area contributed by atoms with Gasteiger partial charge in [0.15, 0.2) is 0 Å². The third kappa shape index (κ3) is 1.71. The minimum absolute atomic E-state index is 0.0244. The molecule has 6 nitrogen and oxygen atoms in total. The van der Waals surface area contributed by atoms with E-state index in [1.54, 1.807) is 11.8 Å². The number of carbonyl (C=O) groups excluding carboxylic acids is 2. The van der Waals surface area contributed by atoms with Gasteiger partial charge in [-0.25, -0.2) is 0 Å². The lowest BCUT2D eigenvalue weighted by molar-refractivity contribution is -0.158. The van der Waals surface area contributed by atoms with Crippen LogP contribution in [0.5, 0.6) is 0 Å². The molecule has 18 heavy (non-hydrogen) atoms. The van der Waals surface area contributed by atoms with E-state index in [4.69, 9.17) is 5.73 Å². The number of aliphatic hydroxyl groups excluding tert-OH is 1. The number of hydrogen-bond donors (Lipinski definition) is 3. The predicted molar refractivity (Wildman–Crippen MR) is 65.5 cm³/mol. The first-order valence-electron chi connectivity index (χ1n) is 6.43. The molecule has 1 spiro atoms. The molecule has 2 heterocycles. The highest BCUT2D eigenvalue weighted by molar-refractivity contribution is 5.97. The summed E-state index contributed by atoms with van der Waals surface area (Å²) in [5.74, 6) is -0.912. The molecule has 4 N–H and O–H groups in total. The van der Waals surface area contributed by atoms with E-state index in [0.717, 1.165) is 6.42 Å². The molecule has 0 aromatic rings. The summed E-state index contributed by atoms with van der Waals surface area (Å²) in [7, 11) is 0. The van der Waals surface area contributed by atoms with Gasteiger partial charge >= 0.3 is 0 Å². The zero-order valence-corrected chi connectivity index (χ0v) is 10.8. The number of nitrogens with one attached hydrogen (secondary N) is 1. The largest absolute Gasteiger partial charge is 0.393 e. The molecule has 4 unspecified atom stereocenters. The molecule has 102 valence electrons. The quantitative estimate of drug-likeness (QED) is 0.553. The summed E-state index contributed by atoms with van der Waals surface area (Å²) in [6, 6.07) is 0.0244. The zero-order chi connectivity index (χ0) is 13.5. The highest BCUT2D eigenvalue weighted by atomic mass is 16.3. The van der Waals surface area contributed by atoms with Crippen molar-refractivity contribution in [2.24, 2.45) is 11.7 Å². The van der Waals surface area contributed by atoms with Crippen molar-refractivity contribution in [3.05, 3.63) is 0 Å². The van der Waals surface area contributed by atoms with E-state index in [1.807, 2.05) is 6.92 Å². The third-order valence-electron chi connectivity index (χ3n) is 4.23. The Morgan fingerprint density at radius 2 is 2.39 bits per heavy atom. The number of nitrogens with two attached hydrogens (primary N) is 1. The van der Waals surface area contributed by atoms with Crippen molar-refractivity contribution in [1.29, 1.82) is 0 Å². The van der Waals surface area contributed by atoms with Gasteiger partial charge in [-0.3, -0.25) is 9.59 Å². The van der Waals surface area contributed by atoms with E-state index in [1.165, 1.54) is 0 Å². The van der Waals surface area contributed by atoms with Crippen LogP contribution in [-0.2, 0) is 9.59 Å². The van der Waals surface area contributed by atoms with E-state index in [9.17, 15) is 14.7 Å². The van der Waals surface area contributed by atoms with Crippen LogP contribution in [-0.4, -0.2) is 52.6 Å². The van der Waals surface area contributed by atoms with Crippen LogP contribution in [0.1, 0.15) is 26.7 Å². The fourth-order valence-electron chi connectivity index (χ4n) is 2.99. The summed E-state index contributed by atoms with van der Waals surface area (Å²) in [5.41, 5.74) is 4.88. The van der Waals surface area contributed by atoms with Gasteiger partial charge in [0.25, 0.3) is 0 Å². The third-order valence-corrected chi connectivity index (χ3v) is 4.23. The van der Waals surface area contributed by atoms with Crippen LogP contribution in [0.2, 0.25) is 0 Å². The minimum atomic E-state index is -0.796. The predicted octanol–water partition coefficient (Wildman–Crippen LogP) is -1.18. The standard InChI is InChI=1S/C12H21N3O3/c1-7-3-4-12(6-14-11(12)18)15(7)10(17)9(5-13)8(2)16/h7-9,16H,3-6,13H2,1-2H3,(H,14,18). The van der Waals surface area contributed by atoms with Crippen LogP contribution in [0, 0.1) is 5.92 Å². The molecule has 0 aromatic heterocycles. The van der Waals surface area contributed by atoms with Gasteiger partial charge in [-0.1, -0.05) is 0 Å². The van der Waals surface area contributed by atoms with Gasteiger partial charge in [-0.05, 0) is 26.7 Å². The Labute approximate surface area is 107 Å². The molecule has 2 aliphatic heterocycles. The zero-order valence-electron chi connectivity index (χ0n) is 10.8. The number of likely N-dealkylation sites (tertiary alicyclic amines) is 1. The Balaban J connectivity index is 2.24. The molecule has 0 saturated carbocycles. The van der Waals surface area contributed by atoms with Crippen molar-refractivity contribution in [3.8, 4) is 0 Å². The Morgan fingerprint density at radius 1 is 1.72 bits per heavy atom. The van der Waals surface area contributed by atoms with Crippen molar-refractivity contribution in [2.75, 3.05) is 13.1 Å². The number of amides is 2. The molecule has 2 aliphatic rings. The van der Waals surface area contributed by atoms with Crippen molar-refractivity contribution < 1.29 is 14.7 Å². The topological polar surface area (TPSA) is 95.7 Å². The van der Waals surface area contributed by atoms with Crippen molar-refractivity contribution >= 4 is 11.8 Å². The fourth-order valence-corrected chi connectivity index (χ4v) is 2.99. The summed E-state index contributed by atoms with van der Waals surface area (Å²) < 4.78 is 0. The first-order chi connectivity index (χ1) is 8.44. The van der Waals surface area contributed by atoms with Gasteiger partial charge in [-0.15, -0.1) is 0 Å². The van der Waals surface area contributed by atoms with Crippen LogP contribution in [0.15, 0.2) is 0 Å². The molecular formula is C12H21N3O3. The molecule has 0 bridgehead atoms. The van der Waals surface area contributed by atoms with Crippen LogP contribution in [0.4, 0.5) is 0 Å². The SMILES string of the molecule is CC(O)C(CN)C(=O)N1C(C)CCC12CNC2=O. The summed E-state index contributed by atoms with van der Waals surface area (Å²) in [5, 5.41) is 12.3. The second-order valence-electron chi connectivity index (χ2n) is 5.39. The van der Waals surface area contributed by atoms with Crippen LogP contribution >= 0.6 is 0 Å². The van der Waals surface area contributed by atoms with Gasteiger partial charge in [0.2, 0.25) is 11.8 Å². The van der Waals surface area contributed by atoms with Crippen LogP contribution in [0.25, 0.3) is 0 Å². The van der Waals surface area contributed by atoms with E-state index >= 15 is 0 Å². The average Bonchev–Trinajstić information content (AvgIpc) is 2.67. The lowest BCUT2D eigenvalue weighted by atomic mass is 9.87. The number of hydrogen-bond acceptors (Lipinski definition) is 4. The molecule has 0 radical (unpaired) electrons. The first kappa shape index (κ1) is 13.3. The fraction of sp³-hybridized carbons (Fsp3) is 0.833. The Morgan fingerprint density at radius 3 is 2.78 bits per heavy atom. The Bertz CT molecular complexity index is 372. The average molecular weight is 255 g/mol. The van der Waals surface area contributed by atoms with Crippen molar-refractivity contribution in [1.82, 2.24) is 10.2 Å². The Kier molecular flexibility index (Phi) is 3.33. The van der Waals surface area contributed by atoms with E-state index in [0.29, 0.717) is 13.0 Å². The number of rotatable bonds is 3. The van der Waals surface area contributed by atoms with Crippen LogP contribution < -0.4 is 11.1 Å². The summed E-state index contributed by atoms with van der Waals surface area (Å²) in [4.78, 5) is 25.9. The van der Waals surface area contributed by atoms with Crippen molar-refractivity contribution in [2.45, 2.75) is 44.4 Å². The molecule has 4 atom stereocenters. The maximum atomic E-state index is 12.5. The second kappa shape index (κ2) is 4.51. The monoisotopic (exact) mass is 255 g/mol. The highest BCUT2D eigenvalue weighted by Crippen LogP contribution is 2.38. The Hall–Kier alpha value is -1.14. The van der Waals surface area contributed by atoms with Gasteiger partial charge in [0, 0.05) is 12.6 Å². The molecule has 0 aromatic carbocycles.